The fourth-order valence-corrected chi connectivity index (χ4v) is 3.15. The first-order valence-electron chi connectivity index (χ1n) is 7.75. The van der Waals surface area contributed by atoms with Gasteiger partial charge in [-0.3, -0.25) is 4.90 Å². The Bertz CT molecular complexity index is 641. The summed E-state index contributed by atoms with van der Waals surface area (Å²) >= 11 is 0. The Kier molecular flexibility index (Phi) is 3.97. The molecule has 4 nitrogen and oxygen atoms in total. The summed E-state index contributed by atoms with van der Waals surface area (Å²) in [6.45, 7) is 6.84. The van der Waals surface area contributed by atoms with E-state index in [-0.39, 0.29) is 0 Å². The number of aromatic amines is 1. The maximum Gasteiger partial charge on any atom is 0.275 e. The minimum atomic E-state index is 0.912. The zero-order valence-corrected chi connectivity index (χ0v) is 13.2. The molecule has 3 rings (SSSR count). The monoisotopic (exact) mass is 287 g/mol. The van der Waals surface area contributed by atoms with Gasteiger partial charge in [0.1, 0.15) is 13.1 Å². The SMILES string of the molecule is COc1cccc2c(C)cc(N3CCC[NH+](C)CC3)[nH+]c12. The predicted molar refractivity (Wildman–Crippen MR) is 85.2 cm³/mol. The molecule has 0 bridgehead atoms. The van der Waals surface area contributed by atoms with Crippen molar-refractivity contribution in [3.63, 3.8) is 0 Å². The molecule has 0 spiro atoms. The van der Waals surface area contributed by atoms with E-state index in [1.54, 1.807) is 12.0 Å². The number of ether oxygens (including phenoxy) is 1. The van der Waals surface area contributed by atoms with Gasteiger partial charge in [-0.2, -0.15) is 0 Å². The minimum absolute atomic E-state index is 0.912. The molecule has 0 amide bonds. The molecule has 0 aliphatic carbocycles. The molecule has 21 heavy (non-hydrogen) atoms. The van der Waals surface area contributed by atoms with Crippen LogP contribution >= 0.6 is 0 Å². The number of anilines is 1. The third-order valence-electron chi connectivity index (χ3n) is 4.46. The molecule has 112 valence electrons. The van der Waals surface area contributed by atoms with Crippen LogP contribution in [0.2, 0.25) is 0 Å². The van der Waals surface area contributed by atoms with Crippen molar-refractivity contribution < 1.29 is 14.6 Å². The first kappa shape index (κ1) is 14.1. The Morgan fingerprint density at radius 2 is 2.10 bits per heavy atom. The standard InChI is InChI=1S/C17H23N3O/c1-13-12-16(20-9-5-8-19(2)10-11-20)18-17-14(13)6-4-7-15(17)21-3/h4,6-7,12H,5,8-11H2,1-3H3/p+2. The molecule has 1 saturated heterocycles. The van der Waals surface area contributed by atoms with Crippen LogP contribution in [0.5, 0.6) is 5.75 Å². The molecule has 1 unspecified atom stereocenters. The molecule has 1 aliphatic rings. The van der Waals surface area contributed by atoms with Crippen molar-refractivity contribution in [3.8, 4) is 5.75 Å². The van der Waals surface area contributed by atoms with Crippen molar-refractivity contribution in [1.29, 1.82) is 0 Å². The Morgan fingerprint density at radius 3 is 2.90 bits per heavy atom. The maximum absolute atomic E-state index is 5.51. The first-order chi connectivity index (χ1) is 10.2. The Labute approximate surface area is 126 Å². The average Bonchev–Trinajstić information content (AvgIpc) is 2.71. The van der Waals surface area contributed by atoms with E-state index >= 15 is 0 Å². The van der Waals surface area contributed by atoms with Gasteiger partial charge in [-0.1, -0.05) is 12.1 Å². The average molecular weight is 287 g/mol. The van der Waals surface area contributed by atoms with Crippen molar-refractivity contribution >= 4 is 16.7 Å². The van der Waals surface area contributed by atoms with Crippen LogP contribution in [0.3, 0.4) is 0 Å². The number of likely N-dealkylation sites (N-methyl/N-ethyl adjacent to an activating group) is 1. The summed E-state index contributed by atoms with van der Waals surface area (Å²) in [5.41, 5.74) is 2.39. The highest BCUT2D eigenvalue weighted by Crippen LogP contribution is 2.26. The number of aromatic nitrogens is 1. The third kappa shape index (κ3) is 2.81. The fraction of sp³-hybridized carbons (Fsp3) is 0.471. The molecule has 2 aromatic rings. The number of para-hydroxylation sites is 1. The summed E-state index contributed by atoms with van der Waals surface area (Å²) in [5, 5.41) is 1.23. The Morgan fingerprint density at radius 1 is 1.24 bits per heavy atom. The molecule has 0 radical (unpaired) electrons. The number of nitrogens with one attached hydrogen (secondary N) is 2. The van der Waals surface area contributed by atoms with Gasteiger partial charge in [0, 0.05) is 17.9 Å². The van der Waals surface area contributed by atoms with Gasteiger partial charge in [-0.25, -0.2) is 4.98 Å². The Balaban J connectivity index is 2.03. The first-order valence-corrected chi connectivity index (χ1v) is 7.75. The summed E-state index contributed by atoms with van der Waals surface area (Å²) in [6, 6.07) is 8.48. The topological polar surface area (TPSA) is 31.1 Å². The zero-order chi connectivity index (χ0) is 14.8. The number of quaternary nitrogens is 1. The van der Waals surface area contributed by atoms with Crippen LogP contribution in [-0.2, 0) is 0 Å². The van der Waals surface area contributed by atoms with Gasteiger partial charge in [0.25, 0.3) is 5.82 Å². The van der Waals surface area contributed by atoms with E-state index in [2.05, 4.69) is 36.0 Å². The number of pyridine rings is 1. The molecule has 4 heteroatoms. The van der Waals surface area contributed by atoms with Crippen LogP contribution in [0.1, 0.15) is 12.0 Å². The summed E-state index contributed by atoms with van der Waals surface area (Å²) in [5.74, 6) is 2.12. The number of benzene rings is 1. The molecule has 2 N–H and O–H groups in total. The van der Waals surface area contributed by atoms with Crippen molar-refractivity contribution in [2.24, 2.45) is 0 Å². The summed E-state index contributed by atoms with van der Waals surface area (Å²) in [7, 11) is 4.01. The quantitative estimate of drug-likeness (QED) is 0.881. The second-order valence-electron chi connectivity index (χ2n) is 6.02. The number of fused-ring (bicyclic) bond motifs is 1. The van der Waals surface area contributed by atoms with Crippen molar-refractivity contribution in [2.75, 3.05) is 45.2 Å². The predicted octanol–water partition coefficient (Wildman–Crippen LogP) is 0.696. The van der Waals surface area contributed by atoms with E-state index in [9.17, 15) is 0 Å². The molecule has 2 heterocycles. The highest BCUT2D eigenvalue weighted by molar-refractivity contribution is 5.85. The van der Waals surface area contributed by atoms with E-state index in [0.29, 0.717) is 0 Å². The number of aryl methyl sites for hydroxylation is 1. The highest BCUT2D eigenvalue weighted by atomic mass is 16.5. The second-order valence-corrected chi connectivity index (χ2v) is 6.02. The lowest BCUT2D eigenvalue weighted by atomic mass is 10.1. The number of hydrogen-bond donors (Lipinski definition) is 1. The van der Waals surface area contributed by atoms with Crippen molar-refractivity contribution in [3.05, 3.63) is 29.8 Å². The van der Waals surface area contributed by atoms with Crippen molar-refractivity contribution in [1.82, 2.24) is 0 Å². The Hall–Kier alpha value is -1.81. The van der Waals surface area contributed by atoms with Crippen molar-refractivity contribution in [2.45, 2.75) is 13.3 Å². The molecular formula is C17H25N3O+2. The largest absolute Gasteiger partial charge is 0.492 e. The number of nitrogens with zero attached hydrogens (tertiary/aromatic N) is 1. The highest BCUT2D eigenvalue weighted by Gasteiger charge is 2.23. The van der Waals surface area contributed by atoms with E-state index in [1.165, 1.54) is 36.3 Å². The van der Waals surface area contributed by atoms with Crippen LogP contribution in [0.25, 0.3) is 10.9 Å². The van der Waals surface area contributed by atoms with Crippen LogP contribution < -0.4 is 19.5 Å². The third-order valence-corrected chi connectivity index (χ3v) is 4.46. The van der Waals surface area contributed by atoms with Crippen LogP contribution in [-0.4, -0.2) is 40.3 Å². The molecule has 1 fully saturated rings. The number of methoxy groups -OCH3 is 1. The van der Waals surface area contributed by atoms with Crippen LogP contribution in [0.4, 0.5) is 5.82 Å². The number of rotatable bonds is 2. The lowest BCUT2D eigenvalue weighted by molar-refractivity contribution is -0.876. The molecule has 1 aromatic heterocycles. The van der Waals surface area contributed by atoms with Gasteiger partial charge in [-0.15, -0.1) is 0 Å². The lowest BCUT2D eigenvalue weighted by Crippen LogP contribution is -3.09. The number of hydrogen-bond acceptors (Lipinski definition) is 2. The maximum atomic E-state index is 5.51. The second kappa shape index (κ2) is 5.90. The number of H-pyrrole nitrogens is 1. The molecular weight excluding hydrogens is 262 g/mol. The van der Waals surface area contributed by atoms with E-state index < -0.39 is 0 Å². The summed E-state index contributed by atoms with van der Waals surface area (Å²) in [6.07, 6.45) is 1.24. The van der Waals surface area contributed by atoms with Gasteiger partial charge < -0.3 is 9.64 Å². The van der Waals surface area contributed by atoms with Gasteiger partial charge in [0.2, 0.25) is 0 Å². The molecule has 0 saturated carbocycles. The van der Waals surface area contributed by atoms with Gasteiger partial charge >= 0.3 is 0 Å². The van der Waals surface area contributed by atoms with Crippen LogP contribution in [0, 0.1) is 6.92 Å². The van der Waals surface area contributed by atoms with Gasteiger partial charge in [0.05, 0.1) is 27.2 Å². The van der Waals surface area contributed by atoms with Gasteiger partial charge in [-0.05, 0) is 18.6 Å². The van der Waals surface area contributed by atoms with E-state index in [1.807, 2.05) is 12.1 Å². The normalized spacial score (nSPS) is 19.6. The van der Waals surface area contributed by atoms with E-state index in [0.717, 1.165) is 24.4 Å². The lowest BCUT2D eigenvalue weighted by Gasteiger charge is -2.15. The smallest absolute Gasteiger partial charge is 0.275 e. The fourth-order valence-electron chi connectivity index (χ4n) is 3.15. The molecule has 1 atom stereocenters. The molecule has 1 aromatic carbocycles. The van der Waals surface area contributed by atoms with Crippen LogP contribution in [0.15, 0.2) is 24.3 Å². The zero-order valence-electron chi connectivity index (χ0n) is 13.2. The van der Waals surface area contributed by atoms with E-state index in [4.69, 9.17) is 4.74 Å². The van der Waals surface area contributed by atoms with Gasteiger partial charge in [0.15, 0.2) is 11.3 Å². The molecule has 1 aliphatic heterocycles. The summed E-state index contributed by atoms with van der Waals surface area (Å²) < 4.78 is 5.51. The minimum Gasteiger partial charge on any atom is -0.492 e. The summed E-state index contributed by atoms with van der Waals surface area (Å²) in [4.78, 5) is 7.68.